The molecule has 0 aliphatic rings. The maximum absolute atomic E-state index is 11.6. The fourth-order valence-corrected chi connectivity index (χ4v) is 2.00. The van der Waals surface area contributed by atoms with E-state index in [4.69, 9.17) is 0 Å². The van der Waals surface area contributed by atoms with Gasteiger partial charge >= 0.3 is 5.97 Å². The molecule has 90 valence electrons. The maximum atomic E-state index is 11.6. The van der Waals surface area contributed by atoms with Crippen molar-refractivity contribution >= 4 is 16.2 Å². The van der Waals surface area contributed by atoms with Crippen LogP contribution in [-0.4, -0.2) is 44.9 Å². The van der Waals surface area contributed by atoms with Crippen LogP contribution in [0.1, 0.15) is 20.8 Å². The molecule has 0 atom stereocenters. The second-order valence-corrected chi connectivity index (χ2v) is 5.97. The zero-order valence-corrected chi connectivity index (χ0v) is 10.5. The highest BCUT2D eigenvalue weighted by Crippen LogP contribution is 2.04. The maximum Gasteiger partial charge on any atom is 0.321 e. The molecule has 0 spiro atoms. The fraction of sp³-hybridized carbons (Fsp3) is 0.875. The van der Waals surface area contributed by atoms with E-state index in [1.807, 2.05) is 0 Å². The number of hydrogen-bond acceptors (Lipinski definition) is 4. The molecule has 1 N–H and O–H groups in total. The van der Waals surface area contributed by atoms with Gasteiger partial charge in [0.2, 0.25) is 0 Å². The number of nitrogens with zero attached hydrogens (tertiary/aromatic N) is 1. The van der Waals surface area contributed by atoms with Gasteiger partial charge in [0.1, 0.15) is 6.54 Å². The molecule has 0 amide bonds. The van der Waals surface area contributed by atoms with Crippen molar-refractivity contribution in [3.8, 4) is 0 Å². The molecule has 15 heavy (non-hydrogen) atoms. The van der Waals surface area contributed by atoms with E-state index in [1.54, 1.807) is 20.8 Å². The van der Waals surface area contributed by atoms with Gasteiger partial charge < -0.3 is 4.74 Å². The normalized spacial score (nSPS) is 12.9. The van der Waals surface area contributed by atoms with Gasteiger partial charge in [-0.25, -0.2) is 0 Å². The summed E-state index contributed by atoms with van der Waals surface area (Å²) in [6, 6.07) is 0. The first-order valence-electron chi connectivity index (χ1n) is 4.40. The van der Waals surface area contributed by atoms with Crippen LogP contribution in [0.4, 0.5) is 0 Å². The summed E-state index contributed by atoms with van der Waals surface area (Å²) in [5, 5.41) is 0. The van der Waals surface area contributed by atoms with E-state index < -0.39 is 21.7 Å². The first kappa shape index (κ1) is 14.3. The second-order valence-electron chi connectivity index (χ2n) is 4.19. The van der Waals surface area contributed by atoms with E-state index >= 15 is 0 Å². The van der Waals surface area contributed by atoms with Crippen molar-refractivity contribution in [2.45, 2.75) is 26.3 Å². The van der Waals surface area contributed by atoms with Crippen molar-refractivity contribution < 1.29 is 17.9 Å². The molecule has 0 aromatic carbocycles. The average molecular weight is 238 g/mol. The third-order valence-corrected chi connectivity index (χ3v) is 3.24. The molecule has 0 aromatic rings. The van der Waals surface area contributed by atoms with Crippen LogP contribution >= 0.6 is 0 Å². The molecular weight excluding hydrogens is 220 g/mol. The number of carbonyl (C=O) groups is 1. The molecule has 0 aromatic heterocycles. The van der Waals surface area contributed by atoms with E-state index in [9.17, 15) is 13.2 Å². The molecule has 0 saturated carbocycles. The van der Waals surface area contributed by atoms with Gasteiger partial charge in [0.25, 0.3) is 10.2 Å². The van der Waals surface area contributed by atoms with E-state index in [1.165, 1.54) is 14.2 Å². The van der Waals surface area contributed by atoms with Crippen LogP contribution in [0.3, 0.4) is 0 Å². The molecule has 0 rings (SSSR count). The van der Waals surface area contributed by atoms with Gasteiger partial charge in [0.15, 0.2) is 0 Å². The Morgan fingerprint density at radius 1 is 1.40 bits per heavy atom. The summed E-state index contributed by atoms with van der Waals surface area (Å²) in [6.07, 6.45) is 0. The van der Waals surface area contributed by atoms with Gasteiger partial charge in [-0.05, 0) is 20.8 Å². The minimum Gasteiger partial charge on any atom is -0.468 e. The summed E-state index contributed by atoms with van der Waals surface area (Å²) in [6.45, 7) is 4.85. The Hall–Kier alpha value is -0.660. The number of rotatable bonds is 4. The van der Waals surface area contributed by atoms with E-state index in [0.717, 1.165) is 4.31 Å². The van der Waals surface area contributed by atoms with Gasteiger partial charge in [-0.1, -0.05) is 0 Å². The zero-order valence-electron chi connectivity index (χ0n) is 9.70. The molecule has 0 heterocycles. The van der Waals surface area contributed by atoms with Crippen LogP contribution < -0.4 is 4.72 Å². The first-order chi connectivity index (χ1) is 6.58. The van der Waals surface area contributed by atoms with Crippen LogP contribution in [0.25, 0.3) is 0 Å². The largest absolute Gasteiger partial charge is 0.468 e. The van der Waals surface area contributed by atoms with Gasteiger partial charge in [-0.15, -0.1) is 0 Å². The topological polar surface area (TPSA) is 75.7 Å². The Bertz CT molecular complexity index is 318. The Balaban J connectivity index is 4.54. The van der Waals surface area contributed by atoms with Crippen molar-refractivity contribution in [2.75, 3.05) is 20.7 Å². The molecule has 6 nitrogen and oxygen atoms in total. The Kier molecular flexibility index (Phi) is 4.69. The number of nitrogens with one attached hydrogen (secondary N) is 1. The average Bonchev–Trinajstić information content (AvgIpc) is 1.99. The predicted octanol–water partition coefficient (Wildman–Crippen LogP) is -0.276. The summed E-state index contributed by atoms with van der Waals surface area (Å²) >= 11 is 0. The number of esters is 1. The lowest BCUT2D eigenvalue weighted by atomic mass is 10.1. The van der Waals surface area contributed by atoms with Crippen LogP contribution in [0.5, 0.6) is 0 Å². The number of likely N-dealkylation sites (N-methyl/N-ethyl adjacent to an activating group) is 1. The lowest BCUT2D eigenvalue weighted by molar-refractivity contribution is -0.140. The van der Waals surface area contributed by atoms with Crippen molar-refractivity contribution in [3.05, 3.63) is 0 Å². The smallest absolute Gasteiger partial charge is 0.321 e. The van der Waals surface area contributed by atoms with E-state index in [-0.39, 0.29) is 6.54 Å². The molecule has 0 fully saturated rings. The molecular formula is C8H18N2O4S. The van der Waals surface area contributed by atoms with Crippen molar-refractivity contribution in [2.24, 2.45) is 0 Å². The third kappa shape index (κ3) is 5.71. The van der Waals surface area contributed by atoms with E-state index in [0.29, 0.717) is 0 Å². The number of hydrogen-bond donors (Lipinski definition) is 1. The van der Waals surface area contributed by atoms with Crippen molar-refractivity contribution in [1.82, 2.24) is 9.03 Å². The fourth-order valence-electron chi connectivity index (χ4n) is 0.796. The van der Waals surface area contributed by atoms with Crippen LogP contribution in [0.2, 0.25) is 0 Å². The van der Waals surface area contributed by atoms with Crippen LogP contribution in [0, 0.1) is 0 Å². The number of ether oxygens (including phenoxy) is 1. The Morgan fingerprint density at radius 3 is 2.20 bits per heavy atom. The predicted molar refractivity (Wildman–Crippen MR) is 56.5 cm³/mol. The Labute approximate surface area is 90.8 Å². The molecule has 7 heteroatoms. The van der Waals surface area contributed by atoms with Gasteiger partial charge in [-0.2, -0.15) is 17.4 Å². The summed E-state index contributed by atoms with van der Waals surface area (Å²) in [5.74, 6) is -0.600. The van der Waals surface area contributed by atoms with Crippen molar-refractivity contribution in [3.63, 3.8) is 0 Å². The lowest BCUT2D eigenvalue weighted by Crippen LogP contribution is -2.48. The summed E-state index contributed by atoms with van der Waals surface area (Å²) in [7, 11) is -1.12. The molecule has 0 aliphatic carbocycles. The van der Waals surface area contributed by atoms with Gasteiger partial charge in [-0.3, -0.25) is 4.79 Å². The Morgan fingerprint density at radius 2 is 1.87 bits per heavy atom. The number of methoxy groups -OCH3 is 1. The third-order valence-electron chi connectivity index (χ3n) is 1.42. The molecule has 0 bridgehead atoms. The summed E-state index contributed by atoms with van der Waals surface area (Å²) in [5.41, 5.74) is -0.580. The van der Waals surface area contributed by atoms with E-state index in [2.05, 4.69) is 9.46 Å². The monoisotopic (exact) mass is 238 g/mol. The first-order valence-corrected chi connectivity index (χ1v) is 5.84. The van der Waals surface area contributed by atoms with Crippen LogP contribution in [-0.2, 0) is 19.7 Å². The zero-order chi connectivity index (χ0) is 12.3. The molecule has 0 unspecified atom stereocenters. The molecule has 0 saturated heterocycles. The summed E-state index contributed by atoms with van der Waals surface area (Å²) < 4.78 is 30.9. The minimum atomic E-state index is -3.64. The SMILES string of the molecule is COC(=O)CN(C)S(=O)(=O)NC(C)(C)C. The quantitative estimate of drug-likeness (QED) is 0.684. The number of carbonyl (C=O) groups excluding carboxylic acids is 1. The van der Waals surface area contributed by atoms with Gasteiger partial charge in [0.05, 0.1) is 7.11 Å². The lowest BCUT2D eigenvalue weighted by Gasteiger charge is -2.24. The highest BCUT2D eigenvalue weighted by molar-refractivity contribution is 7.87. The second kappa shape index (κ2) is 4.91. The standard InChI is InChI=1S/C8H18N2O4S/c1-8(2,3)9-15(12,13)10(4)6-7(11)14-5/h9H,6H2,1-5H3. The molecule has 0 aliphatic heterocycles. The van der Waals surface area contributed by atoms with Crippen LogP contribution in [0.15, 0.2) is 0 Å². The molecule has 0 radical (unpaired) electrons. The van der Waals surface area contributed by atoms with Gasteiger partial charge in [0, 0.05) is 12.6 Å². The highest BCUT2D eigenvalue weighted by Gasteiger charge is 2.25. The highest BCUT2D eigenvalue weighted by atomic mass is 32.2. The van der Waals surface area contributed by atoms with Crippen molar-refractivity contribution in [1.29, 1.82) is 0 Å². The summed E-state index contributed by atoms with van der Waals surface area (Å²) in [4.78, 5) is 10.9. The minimum absolute atomic E-state index is 0.304.